The number of nitrogens with two attached hydrogens (primary N) is 1. The zero-order valence-electron chi connectivity index (χ0n) is 14.7. The van der Waals surface area contributed by atoms with Gasteiger partial charge in [-0.2, -0.15) is 0 Å². The van der Waals surface area contributed by atoms with Gasteiger partial charge < -0.3 is 25.3 Å². The van der Waals surface area contributed by atoms with Crippen molar-refractivity contribution in [3.8, 4) is 11.5 Å². The molecular formula is C18H28N4O3. The van der Waals surface area contributed by atoms with Crippen LogP contribution in [0.1, 0.15) is 19.3 Å². The molecule has 1 aromatic rings. The third-order valence-corrected chi connectivity index (χ3v) is 4.29. The van der Waals surface area contributed by atoms with E-state index in [4.69, 9.17) is 19.9 Å². The van der Waals surface area contributed by atoms with E-state index in [9.17, 15) is 0 Å². The molecule has 0 radical (unpaired) electrons. The Morgan fingerprint density at radius 1 is 1.08 bits per heavy atom. The van der Waals surface area contributed by atoms with E-state index in [-0.39, 0.29) is 0 Å². The summed E-state index contributed by atoms with van der Waals surface area (Å²) in [6.45, 7) is 6.97. The minimum Gasteiger partial charge on any atom is -0.490 e. The predicted octanol–water partition coefficient (Wildman–Crippen LogP) is 1.69. The Morgan fingerprint density at radius 2 is 1.88 bits per heavy atom. The molecule has 7 heteroatoms. The summed E-state index contributed by atoms with van der Waals surface area (Å²) >= 11 is 0. The number of benzene rings is 1. The molecule has 0 aromatic heterocycles. The van der Waals surface area contributed by atoms with E-state index in [1.165, 1.54) is 0 Å². The molecule has 0 spiro atoms. The summed E-state index contributed by atoms with van der Waals surface area (Å²) < 4.78 is 16.7. The predicted molar refractivity (Wildman–Crippen MR) is 98.7 cm³/mol. The lowest BCUT2D eigenvalue weighted by atomic mass is 10.2. The molecule has 2 heterocycles. The number of guanidine groups is 1. The van der Waals surface area contributed by atoms with Crippen molar-refractivity contribution in [2.45, 2.75) is 19.3 Å². The SMILES string of the molecule is NC(=NCCCCN1CCOCC1)Nc1ccc2c(c1)OCCCO2. The number of ether oxygens (including phenoxy) is 3. The normalized spacial score (nSPS) is 18.6. The van der Waals surface area contributed by atoms with Crippen molar-refractivity contribution < 1.29 is 14.2 Å². The van der Waals surface area contributed by atoms with Gasteiger partial charge in [-0.3, -0.25) is 9.89 Å². The molecule has 0 unspecified atom stereocenters. The summed E-state index contributed by atoms with van der Waals surface area (Å²) in [4.78, 5) is 6.84. The molecule has 2 aliphatic rings. The largest absolute Gasteiger partial charge is 0.490 e. The number of hydrogen-bond donors (Lipinski definition) is 2. The molecule has 0 saturated carbocycles. The number of anilines is 1. The maximum atomic E-state index is 5.98. The van der Waals surface area contributed by atoms with Crippen LogP contribution in [0.25, 0.3) is 0 Å². The fourth-order valence-corrected chi connectivity index (χ4v) is 2.90. The van der Waals surface area contributed by atoms with Gasteiger partial charge >= 0.3 is 0 Å². The van der Waals surface area contributed by atoms with Gasteiger partial charge in [-0.05, 0) is 31.5 Å². The molecule has 25 heavy (non-hydrogen) atoms. The summed E-state index contributed by atoms with van der Waals surface area (Å²) in [5.74, 6) is 1.96. The number of nitrogens with one attached hydrogen (secondary N) is 1. The zero-order chi connectivity index (χ0) is 17.3. The molecule has 0 atom stereocenters. The third-order valence-electron chi connectivity index (χ3n) is 4.29. The summed E-state index contributed by atoms with van der Waals surface area (Å²) in [5, 5.41) is 3.12. The smallest absolute Gasteiger partial charge is 0.193 e. The Bertz CT molecular complexity index is 573. The molecule has 138 valence electrons. The highest BCUT2D eigenvalue weighted by Gasteiger charge is 2.11. The van der Waals surface area contributed by atoms with Gasteiger partial charge in [-0.15, -0.1) is 0 Å². The van der Waals surface area contributed by atoms with Crippen molar-refractivity contribution >= 4 is 11.6 Å². The number of nitrogens with zero attached hydrogens (tertiary/aromatic N) is 2. The van der Waals surface area contributed by atoms with Gasteiger partial charge in [0.2, 0.25) is 0 Å². The Labute approximate surface area is 149 Å². The van der Waals surface area contributed by atoms with E-state index in [2.05, 4.69) is 15.2 Å². The monoisotopic (exact) mass is 348 g/mol. The van der Waals surface area contributed by atoms with Crippen LogP contribution in [0.3, 0.4) is 0 Å². The zero-order valence-corrected chi connectivity index (χ0v) is 14.7. The first-order valence-electron chi connectivity index (χ1n) is 9.08. The van der Waals surface area contributed by atoms with Crippen molar-refractivity contribution in [3.63, 3.8) is 0 Å². The molecular weight excluding hydrogens is 320 g/mol. The highest BCUT2D eigenvalue weighted by atomic mass is 16.5. The highest BCUT2D eigenvalue weighted by molar-refractivity contribution is 5.92. The average Bonchev–Trinajstić information content (AvgIpc) is 2.87. The first-order chi connectivity index (χ1) is 12.3. The van der Waals surface area contributed by atoms with Crippen LogP contribution >= 0.6 is 0 Å². The first-order valence-corrected chi connectivity index (χ1v) is 9.08. The second kappa shape index (κ2) is 9.48. The van der Waals surface area contributed by atoms with E-state index < -0.39 is 0 Å². The van der Waals surface area contributed by atoms with Gasteiger partial charge in [-0.25, -0.2) is 0 Å². The Morgan fingerprint density at radius 3 is 2.72 bits per heavy atom. The Hall–Kier alpha value is -1.99. The molecule has 2 aliphatic heterocycles. The van der Waals surface area contributed by atoms with E-state index in [1.807, 2.05) is 18.2 Å². The molecule has 0 amide bonds. The molecule has 3 N–H and O–H groups in total. The second-order valence-corrected chi connectivity index (χ2v) is 6.27. The third kappa shape index (κ3) is 5.79. The van der Waals surface area contributed by atoms with Crippen LogP contribution in [0.15, 0.2) is 23.2 Å². The second-order valence-electron chi connectivity index (χ2n) is 6.27. The fourth-order valence-electron chi connectivity index (χ4n) is 2.90. The van der Waals surface area contributed by atoms with E-state index in [0.717, 1.165) is 75.8 Å². The Balaban J connectivity index is 1.39. The number of hydrogen-bond acceptors (Lipinski definition) is 5. The standard InChI is InChI=1S/C18H28N4O3/c19-18(20-6-1-2-7-22-8-12-23-13-9-22)21-15-4-5-16-17(14-15)25-11-3-10-24-16/h4-5,14H,1-3,6-13H2,(H3,19,20,21). The van der Waals surface area contributed by atoms with Crippen molar-refractivity contribution in [2.75, 3.05) is 57.9 Å². The molecule has 0 bridgehead atoms. The summed E-state index contributed by atoms with van der Waals surface area (Å²) in [7, 11) is 0. The van der Waals surface area contributed by atoms with Crippen molar-refractivity contribution in [3.05, 3.63) is 18.2 Å². The number of aliphatic imine (C=N–C) groups is 1. The molecule has 7 nitrogen and oxygen atoms in total. The van der Waals surface area contributed by atoms with E-state index >= 15 is 0 Å². The van der Waals surface area contributed by atoms with Gasteiger partial charge in [0.1, 0.15) is 0 Å². The lowest BCUT2D eigenvalue weighted by Crippen LogP contribution is -2.36. The highest BCUT2D eigenvalue weighted by Crippen LogP contribution is 2.32. The van der Waals surface area contributed by atoms with Crippen LogP contribution < -0.4 is 20.5 Å². The summed E-state index contributed by atoms with van der Waals surface area (Å²) in [6, 6.07) is 5.73. The number of morpholine rings is 1. The fraction of sp³-hybridized carbons (Fsp3) is 0.611. The molecule has 3 rings (SSSR count). The average molecular weight is 348 g/mol. The quantitative estimate of drug-likeness (QED) is 0.463. The minimum absolute atomic E-state index is 0.431. The number of unbranched alkanes of at least 4 members (excludes halogenated alkanes) is 1. The van der Waals surface area contributed by atoms with Crippen LogP contribution in [-0.4, -0.2) is 63.5 Å². The van der Waals surface area contributed by atoms with E-state index in [1.54, 1.807) is 0 Å². The van der Waals surface area contributed by atoms with Crippen LogP contribution in [0.4, 0.5) is 5.69 Å². The van der Waals surface area contributed by atoms with Gasteiger partial charge in [0.05, 0.1) is 26.4 Å². The summed E-state index contributed by atoms with van der Waals surface area (Å²) in [5.41, 5.74) is 6.84. The van der Waals surface area contributed by atoms with E-state index in [0.29, 0.717) is 19.2 Å². The van der Waals surface area contributed by atoms with Crippen molar-refractivity contribution in [1.29, 1.82) is 0 Å². The molecule has 1 fully saturated rings. The lowest BCUT2D eigenvalue weighted by Gasteiger charge is -2.26. The van der Waals surface area contributed by atoms with Crippen LogP contribution in [0.5, 0.6) is 11.5 Å². The van der Waals surface area contributed by atoms with Crippen LogP contribution in [-0.2, 0) is 4.74 Å². The minimum atomic E-state index is 0.431. The van der Waals surface area contributed by atoms with Crippen LogP contribution in [0.2, 0.25) is 0 Å². The van der Waals surface area contributed by atoms with Crippen molar-refractivity contribution in [1.82, 2.24) is 4.90 Å². The molecule has 0 aliphatic carbocycles. The van der Waals surface area contributed by atoms with Gasteiger partial charge in [0.25, 0.3) is 0 Å². The lowest BCUT2D eigenvalue weighted by molar-refractivity contribution is 0.0373. The van der Waals surface area contributed by atoms with Gasteiger partial charge in [0.15, 0.2) is 17.5 Å². The molecule has 1 aromatic carbocycles. The van der Waals surface area contributed by atoms with Gasteiger partial charge in [-0.1, -0.05) is 0 Å². The maximum Gasteiger partial charge on any atom is 0.193 e. The first kappa shape index (κ1) is 17.8. The maximum absolute atomic E-state index is 5.98. The topological polar surface area (TPSA) is 81.3 Å². The number of fused-ring (bicyclic) bond motifs is 1. The summed E-state index contributed by atoms with van der Waals surface area (Å²) in [6.07, 6.45) is 3.05. The molecule has 1 saturated heterocycles. The van der Waals surface area contributed by atoms with Crippen LogP contribution in [0, 0.1) is 0 Å². The number of rotatable bonds is 6. The Kier molecular flexibility index (Phi) is 6.76. The van der Waals surface area contributed by atoms with Crippen molar-refractivity contribution in [2.24, 2.45) is 10.7 Å². The van der Waals surface area contributed by atoms with Gasteiger partial charge in [0, 0.05) is 37.8 Å².